The maximum atomic E-state index is 11.8. The SMILES string of the molecule is C=CC.CC(=NC(N)=NC(C)(C)C)C(C)C.CC(C)/C=C/C(=O)/C=C/C(C)C.CC(C)=C/C=C/C(C)C.CC(C)C1=CC=CC(C(C)C)O1.CC(C)C=NC(C)C.CC(C)COC(C)C.CC(C)OCCOC(C)C.CCOC(=O)c1cc(C(C)C)n(C(C)C)c1C.CNC(C)=O.CNCOC. The lowest BCUT2D eigenvalue weighted by Crippen LogP contribution is -2.20. The maximum Gasteiger partial charge on any atom is 0.339 e. The Morgan fingerprint density at radius 3 is 1.41 bits per heavy atom. The third kappa shape index (κ3) is 94.5. The third-order valence-corrected chi connectivity index (χ3v) is 11.8. The number of carbonyl (C=O) groups excluding carboxylic acids is 3. The Bertz CT molecular complexity index is 2380. The second-order valence-corrected chi connectivity index (χ2v) is 30.1. The van der Waals surface area contributed by atoms with E-state index in [4.69, 9.17) is 29.4 Å². The number of hydrogen-bond acceptors (Lipinski definition) is 12. The third-order valence-electron chi connectivity index (χ3n) is 11.8. The summed E-state index contributed by atoms with van der Waals surface area (Å²) < 4.78 is 33.5. The minimum atomic E-state index is -0.216. The van der Waals surface area contributed by atoms with Crippen LogP contribution in [0, 0.1) is 54.3 Å². The van der Waals surface area contributed by atoms with Gasteiger partial charge in [0.2, 0.25) is 11.9 Å². The highest BCUT2D eigenvalue weighted by atomic mass is 16.5. The van der Waals surface area contributed by atoms with E-state index in [9.17, 15) is 14.4 Å². The van der Waals surface area contributed by atoms with Gasteiger partial charge in [0.15, 0.2) is 5.78 Å². The zero-order valence-electron chi connectivity index (χ0n) is 73.9. The fraction of sp³-hybridized carbons (Fsp3) is 0.721. The first-order valence-electron chi connectivity index (χ1n) is 37.7. The first-order valence-corrected chi connectivity index (χ1v) is 37.7. The number of ether oxygens (including phenoxy) is 6. The van der Waals surface area contributed by atoms with E-state index < -0.39 is 0 Å². The van der Waals surface area contributed by atoms with E-state index in [-0.39, 0.29) is 29.3 Å². The highest BCUT2D eigenvalue weighted by molar-refractivity contribution is 5.99. The van der Waals surface area contributed by atoms with Gasteiger partial charge in [0.25, 0.3) is 0 Å². The van der Waals surface area contributed by atoms with Gasteiger partial charge in [-0.05, 0) is 216 Å². The molecule has 16 nitrogen and oxygen atoms in total. The molecule has 1 aromatic rings. The van der Waals surface area contributed by atoms with Crippen LogP contribution >= 0.6 is 0 Å². The monoisotopic (exact) mass is 1440 g/mol. The minimum absolute atomic E-state index is 0.00463. The molecule has 0 saturated carbocycles. The van der Waals surface area contributed by atoms with Gasteiger partial charge in [0.1, 0.15) is 6.10 Å². The van der Waals surface area contributed by atoms with Crippen LogP contribution in [0.4, 0.5) is 0 Å². The van der Waals surface area contributed by atoms with E-state index in [1.54, 1.807) is 32.4 Å². The number of nitrogens with zero attached hydrogens (tertiary/aromatic N) is 4. The molecule has 600 valence electrons. The zero-order valence-corrected chi connectivity index (χ0v) is 73.9. The van der Waals surface area contributed by atoms with Crippen LogP contribution in [0.25, 0.3) is 0 Å². The number of carbonyl (C=O) groups is 3. The molecule has 4 N–H and O–H groups in total. The fourth-order valence-electron chi connectivity index (χ4n) is 6.59. The largest absolute Gasteiger partial charge is 0.490 e. The van der Waals surface area contributed by atoms with Crippen molar-refractivity contribution in [3.63, 3.8) is 0 Å². The number of esters is 1. The second kappa shape index (κ2) is 73.8. The summed E-state index contributed by atoms with van der Waals surface area (Å²) >= 11 is 0. The van der Waals surface area contributed by atoms with Crippen LogP contribution in [0.3, 0.4) is 0 Å². The van der Waals surface area contributed by atoms with E-state index >= 15 is 0 Å². The number of amides is 1. The van der Waals surface area contributed by atoms with Crippen LogP contribution in [-0.4, -0.2) is 130 Å². The summed E-state index contributed by atoms with van der Waals surface area (Å²) in [6, 6.07) is 2.78. The number of methoxy groups -OCH3 is 1. The summed E-state index contributed by atoms with van der Waals surface area (Å²) in [6.07, 6.45) is 24.8. The van der Waals surface area contributed by atoms with Crippen LogP contribution in [0.5, 0.6) is 0 Å². The zero-order chi connectivity index (χ0) is 82.0. The van der Waals surface area contributed by atoms with Crippen molar-refractivity contribution in [2.45, 2.75) is 311 Å². The number of aliphatic imine (C=N–C) groups is 3. The van der Waals surface area contributed by atoms with Gasteiger partial charge in [-0.15, -0.1) is 6.58 Å². The normalized spacial score (nSPS) is 12.8. The van der Waals surface area contributed by atoms with E-state index in [0.29, 0.717) is 122 Å². The van der Waals surface area contributed by atoms with Crippen LogP contribution in [0.2, 0.25) is 0 Å². The Kier molecular flexibility index (Phi) is 83.1. The van der Waals surface area contributed by atoms with Crippen molar-refractivity contribution in [1.29, 1.82) is 0 Å². The number of hydrogen-bond donors (Lipinski definition) is 3. The van der Waals surface area contributed by atoms with Crippen LogP contribution in [-0.2, 0) is 38.0 Å². The molecule has 102 heavy (non-hydrogen) atoms. The molecule has 0 aromatic carbocycles. The van der Waals surface area contributed by atoms with Crippen molar-refractivity contribution in [3.05, 3.63) is 108 Å². The van der Waals surface area contributed by atoms with Gasteiger partial charge in [-0.2, -0.15) is 0 Å². The van der Waals surface area contributed by atoms with E-state index in [1.807, 2.05) is 108 Å². The Morgan fingerprint density at radius 1 is 0.706 bits per heavy atom. The molecular formula is C86H167N7O9. The van der Waals surface area contributed by atoms with Crippen LogP contribution in [0.1, 0.15) is 290 Å². The lowest BCUT2D eigenvalue weighted by atomic mass is 10.0. The number of allylic oxidation sites excluding steroid dienone is 12. The fourth-order valence-corrected chi connectivity index (χ4v) is 6.59. The van der Waals surface area contributed by atoms with Crippen molar-refractivity contribution < 1.29 is 42.8 Å². The summed E-state index contributed by atoms with van der Waals surface area (Å²) in [6.45, 7) is 85.0. The molecule has 0 fully saturated rings. The molecule has 2 heterocycles. The summed E-state index contributed by atoms with van der Waals surface area (Å²) in [7, 11) is 5.09. The van der Waals surface area contributed by atoms with Gasteiger partial charge >= 0.3 is 5.97 Å². The number of nitrogens with two attached hydrogens (primary N) is 1. The van der Waals surface area contributed by atoms with Gasteiger partial charge in [0.05, 0.1) is 61.7 Å². The van der Waals surface area contributed by atoms with Gasteiger partial charge in [-0.25, -0.2) is 14.8 Å². The average molecular weight is 1440 g/mol. The number of rotatable bonds is 25. The molecule has 1 aromatic heterocycles. The molecule has 1 amide bonds. The summed E-state index contributed by atoms with van der Waals surface area (Å²) in [5.41, 5.74) is 10.8. The molecule has 0 saturated heterocycles. The molecule has 0 radical (unpaired) electrons. The van der Waals surface area contributed by atoms with Crippen molar-refractivity contribution in [2.75, 3.05) is 54.4 Å². The summed E-state index contributed by atoms with van der Waals surface area (Å²) in [4.78, 5) is 45.3. The molecule has 0 spiro atoms. The van der Waals surface area contributed by atoms with Gasteiger partial charge in [-0.1, -0.05) is 173 Å². The Morgan fingerprint density at radius 2 is 1.16 bits per heavy atom. The average Bonchev–Trinajstić information content (AvgIpc) is 1.65. The van der Waals surface area contributed by atoms with Gasteiger partial charge in [0, 0.05) is 69.0 Å². The maximum absolute atomic E-state index is 11.8. The molecule has 2 rings (SSSR count). The van der Waals surface area contributed by atoms with Crippen molar-refractivity contribution in [2.24, 2.45) is 68.1 Å². The minimum Gasteiger partial charge on any atom is -0.490 e. The molecule has 1 unspecified atom stereocenters. The summed E-state index contributed by atoms with van der Waals surface area (Å²) in [5, 5.41) is 5.18. The molecule has 16 heteroatoms. The first-order chi connectivity index (χ1) is 46.8. The number of nitrogens with one attached hydrogen (secondary N) is 2. The smallest absolute Gasteiger partial charge is 0.339 e. The topological polar surface area (TPSA) is 199 Å². The number of ketones is 1. The predicted octanol–water partition coefficient (Wildman–Crippen LogP) is 22.0. The molecule has 1 aliphatic rings. The highest BCUT2D eigenvalue weighted by Gasteiger charge is 2.21. The van der Waals surface area contributed by atoms with Crippen molar-refractivity contribution in [1.82, 2.24) is 15.2 Å². The summed E-state index contributed by atoms with van der Waals surface area (Å²) in [5.74, 6) is 6.05. The molecule has 0 aliphatic carbocycles. The van der Waals surface area contributed by atoms with Crippen molar-refractivity contribution >= 4 is 35.5 Å². The van der Waals surface area contributed by atoms with E-state index in [0.717, 1.165) is 23.8 Å². The lowest BCUT2D eigenvalue weighted by molar-refractivity contribution is -0.118. The predicted molar refractivity (Wildman–Crippen MR) is 450 cm³/mol. The lowest BCUT2D eigenvalue weighted by Gasteiger charge is -2.25. The van der Waals surface area contributed by atoms with E-state index in [1.165, 1.54) is 18.2 Å². The second-order valence-electron chi connectivity index (χ2n) is 30.1. The number of guanidine groups is 1. The molecule has 1 aliphatic heterocycles. The Hall–Kier alpha value is -5.52. The quantitative estimate of drug-likeness (QED) is 0.0123. The molecular weight excluding hydrogens is 1270 g/mol. The van der Waals surface area contributed by atoms with Crippen LogP contribution < -0.4 is 16.4 Å². The first kappa shape index (κ1) is 115. The van der Waals surface area contributed by atoms with Crippen LogP contribution in [0.15, 0.2) is 106 Å². The molecule has 0 bridgehead atoms. The number of aromatic nitrogens is 1. The molecule has 1 atom stereocenters. The van der Waals surface area contributed by atoms with Gasteiger partial charge in [-0.3, -0.25) is 19.9 Å². The van der Waals surface area contributed by atoms with Gasteiger partial charge < -0.3 is 44.0 Å². The Labute approximate surface area is 631 Å². The Balaban J connectivity index is -0.000000136. The standard InChI is InChI=1S/C14H23NO2.2C11H18O.C10H21N3.C9H16.C8H18O2.C7H15N.C7H16O.C3H9NO.C3H7NO.C3H6/c1-7-17-14(16)12-8-13(9(2)3)15(10(4)5)11(12)6;1-8(2)10-6-5-7-11(12-10)9(3)4;1-9(2)5-7-11(12)8-6-10(3)4;1-7(2)8(3)12-9(11)13-10(4,5)6;1-8(2)6-5-7-9(3)4;1-7(2)9-5-6-10-8(3)4;2*1-6(2)5-8-7(3)4;1-4-3-5-2;1-3(5)4-2;1-3-2/h8-10H,7H2,1-6H3;2*5-10H,1-4H3;7H,1-6H3,(H2,11,13);5-8H,1-4H3;7-8H,5-6H2,1-4H3;5-7H,1-4H3;6-7H,5H2,1-4H3;4H,3H2,1-2H3;1-2H3,(H,4,5);3H,1H2,2H3/b;;7-5+,8-6+;;6-5+;;;;;;. The highest BCUT2D eigenvalue weighted by Crippen LogP contribution is 2.27. The van der Waals surface area contributed by atoms with E-state index in [2.05, 4.69) is 258 Å². The van der Waals surface area contributed by atoms with Crippen molar-refractivity contribution in [3.8, 4) is 0 Å².